The van der Waals surface area contributed by atoms with Gasteiger partial charge in [0.05, 0.1) is 29.4 Å². The van der Waals surface area contributed by atoms with Crippen LogP contribution >= 0.6 is 23.2 Å². The van der Waals surface area contributed by atoms with Crippen molar-refractivity contribution in [3.05, 3.63) is 63.8 Å². The predicted molar refractivity (Wildman–Crippen MR) is 113 cm³/mol. The second-order valence-electron chi connectivity index (χ2n) is 6.18. The number of hydrogen-bond donors (Lipinski definition) is 1. The number of rotatable bonds is 7. The molecule has 0 fully saturated rings. The lowest BCUT2D eigenvalue weighted by molar-refractivity contribution is 0.0521. The monoisotopic (exact) mass is 418 g/mol. The molecule has 28 heavy (non-hydrogen) atoms. The fraction of sp³-hybridized carbons (Fsp3) is 0.238. The first-order chi connectivity index (χ1) is 13.5. The van der Waals surface area contributed by atoms with E-state index in [0.29, 0.717) is 38.7 Å². The third-order valence-corrected chi connectivity index (χ3v) is 4.91. The first-order valence-electron chi connectivity index (χ1n) is 8.97. The van der Waals surface area contributed by atoms with E-state index in [1.54, 1.807) is 31.2 Å². The molecule has 0 saturated carbocycles. The van der Waals surface area contributed by atoms with Crippen molar-refractivity contribution < 1.29 is 14.3 Å². The van der Waals surface area contributed by atoms with E-state index in [1.807, 2.05) is 30.0 Å². The standard InChI is InChI=1S/C21H20Cl2N2O3/c1-3-25(12-17(26)13-8-6-5-7-9-13)20-18-15(23)10-14(22)11-16(18)24-19(20)21(27)28-4-2/h5-11,24H,3-4,12H2,1-2H3. The Hall–Kier alpha value is -2.50. The van der Waals surface area contributed by atoms with E-state index in [9.17, 15) is 9.59 Å². The Morgan fingerprint density at radius 3 is 2.46 bits per heavy atom. The van der Waals surface area contributed by atoms with Gasteiger partial charge in [-0.15, -0.1) is 0 Å². The molecule has 5 nitrogen and oxygen atoms in total. The molecule has 2 aromatic carbocycles. The van der Waals surface area contributed by atoms with Crippen LogP contribution in [0.4, 0.5) is 5.69 Å². The summed E-state index contributed by atoms with van der Waals surface area (Å²) in [6.07, 6.45) is 0. The molecule has 0 aliphatic carbocycles. The van der Waals surface area contributed by atoms with E-state index >= 15 is 0 Å². The Labute approximate surface area is 173 Å². The molecular formula is C21H20Cl2N2O3. The molecule has 0 atom stereocenters. The van der Waals surface area contributed by atoms with Gasteiger partial charge in [0.1, 0.15) is 5.69 Å². The first kappa shape index (κ1) is 20.2. The van der Waals surface area contributed by atoms with Crippen molar-refractivity contribution in [1.82, 2.24) is 4.98 Å². The number of likely N-dealkylation sites (N-methyl/N-ethyl adjacent to an activating group) is 1. The molecule has 7 heteroatoms. The molecule has 0 saturated heterocycles. The number of hydrogen-bond acceptors (Lipinski definition) is 4. The van der Waals surface area contributed by atoms with Gasteiger partial charge in [0, 0.05) is 22.5 Å². The molecule has 0 amide bonds. The third-order valence-electron chi connectivity index (χ3n) is 4.40. The van der Waals surface area contributed by atoms with E-state index in [-0.39, 0.29) is 24.6 Å². The zero-order chi connectivity index (χ0) is 20.3. The normalized spacial score (nSPS) is 10.9. The number of halogens is 2. The summed E-state index contributed by atoms with van der Waals surface area (Å²) in [5, 5.41) is 1.48. The van der Waals surface area contributed by atoms with Crippen molar-refractivity contribution in [3.63, 3.8) is 0 Å². The van der Waals surface area contributed by atoms with Gasteiger partial charge < -0.3 is 14.6 Å². The lowest BCUT2D eigenvalue weighted by Gasteiger charge is -2.23. The number of aromatic nitrogens is 1. The van der Waals surface area contributed by atoms with E-state index in [4.69, 9.17) is 27.9 Å². The van der Waals surface area contributed by atoms with Crippen LogP contribution in [0.1, 0.15) is 34.7 Å². The minimum absolute atomic E-state index is 0.0586. The number of esters is 1. The van der Waals surface area contributed by atoms with Gasteiger partial charge in [0.2, 0.25) is 0 Å². The lowest BCUT2D eigenvalue weighted by Crippen LogP contribution is -2.31. The molecule has 0 bridgehead atoms. The van der Waals surface area contributed by atoms with Crippen LogP contribution in [-0.2, 0) is 4.74 Å². The van der Waals surface area contributed by atoms with Crippen molar-refractivity contribution in [3.8, 4) is 0 Å². The smallest absolute Gasteiger partial charge is 0.356 e. The number of benzene rings is 2. The highest BCUT2D eigenvalue weighted by molar-refractivity contribution is 6.40. The van der Waals surface area contributed by atoms with Crippen LogP contribution in [0.2, 0.25) is 10.0 Å². The Balaban J connectivity index is 2.11. The number of anilines is 1. The first-order valence-corrected chi connectivity index (χ1v) is 9.72. The Morgan fingerprint density at radius 2 is 1.82 bits per heavy atom. The van der Waals surface area contributed by atoms with Crippen LogP contribution in [-0.4, -0.2) is 36.4 Å². The quantitative estimate of drug-likeness (QED) is 0.414. The van der Waals surface area contributed by atoms with Gasteiger partial charge >= 0.3 is 5.97 Å². The van der Waals surface area contributed by atoms with Crippen LogP contribution in [0.15, 0.2) is 42.5 Å². The summed E-state index contributed by atoms with van der Waals surface area (Å²) in [7, 11) is 0. The number of ether oxygens (including phenoxy) is 1. The fourth-order valence-corrected chi connectivity index (χ4v) is 3.72. The number of nitrogens with zero attached hydrogens (tertiary/aromatic N) is 1. The number of nitrogens with one attached hydrogen (secondary N) is 1. The van der Waals surface area contributed by atoms with E-state index in [1.165, 1.54) is 0 Å². The van der Waals surface area contributed by atoms with E-state index in [2.05, 4.69) is 4.98 Å². The minimum atomic E-state index is -0.508. The fourth-order valence-electron chi connectivity index (χ4n) is 3.14. The number of H-pyrrole nitrogens is 1. The van der Waals surface area contributed by atoms with Gasteiger partial charge in [-0.05, 0) is 26.0 Å². The van der Waals surface area contributed by atoms with Crippen molar-refractivity contribution in [2.45, 2.75) is 13.8 Å². The molecular weight excluding hydrogens is 399 g/mol. The van der Waals surface area contributed by atoms with E-state index in [0.717, 1.165) is 0 Å². The predicted octanol–water partition coefficient (Wildman–Crippen LogP) is 5.36. The summed E-state index contributed by atoms with van der Waals surface area (Å²) < 4.78 is 5.19. The maximum Gasteiger partial charge on any atom is 0.356 e. The van der Waals surface area contributed by atoms with Crippen LogP contribution in [0.5, 0.6) is 0 Å². The highest BCUT2D eigenvalue weighted by Gasteiger charge is 2.26. The summed E-state index contributed by atoms with van der Waals surface area (Å²) in [6, 6.07) is 12.3. The summed E-state index contributed by atoms with van der Waals surface area (Å²) in [5.74, 6) is -0.566. The third kappa shape index (κ3) is 4.01. The largest absolute Gasteiger partial charge is 0.461 e. The molecule has 1 heterocycles. The summed E-state index contributed by atoms with van der Waals surface area (Å²) in [6.45, 7) is 4.48. The highest BCUT2D eigenvalue weighted by atomic mass is 35.5. The summed E-state index contributed by atoms with van der Waals surface area (Å²) >= 11 is 12.6. The maximum absolute atomic E-state index is 12.8. The zero-order valence-corrected chi connectivity index (χ0v) is 17.1. The molecule has 0 aliphatic heterocycles. The topological polar surface area (TPSA) is 62.4 Å². The lowest BCUT2D eigenvalue weighted by atomic mass is 10.1. The van der Waals surface area contributed by atoms with Crippen LogP contribution in [0.3, 0.4) is 0 Å². The van der Waals surface area contributed by atoms with Crippen molar-refractivity contribution in [2.75, 3.05) is 24.6 Å². The number of aromatic amines is 1. The molecule has 0 spiro atoms. The molecule has 0 unspecified atom stereocenters. The second kappa shape index (κ2) is 8.67. The van der Waals surface area contributed by atoms with Crippen LogP contribution in [0, 0.1) is 0 Å². The highest BCUT2D eigenvalue weighted by Crippen LogP contribution is 2.38. The van der Waals surface area contributed by atoms with Crippen LogP contribution < -0.4 is 4.90 Å². The molecule has 3 aromatic rings. The molecule has 3 rings (SSSR count). The molecule has 146 valence electrons. The Bertz CT molecular complexity index is 1020. The van der Waals surface area contributed by atoms with E-state index < -0.39 is 5.97 Å². The van der Waals surface area contributed by atoms with Gasteiger partial charge in [0.25, 0.3) is 0 Å². The van der Waals surface area contributed by atoms with Gasteiger partial charge in [-0.25, -0.2) is 4.79 Å². The summed E-state index contributed by atoms with van der Waals surface area (Å²) in [4.78, 5) is 30.2. The van der Waals surface area contributed by atoms with Gasteiger partial charge in [-0.2, -0.15) is 0 Å². The second-order valence-corrected chi connectivity index (χ2v) is 7.03. The molecule has 1 N–H and O–H groups in total. The number of fused-ring (bicyclic) bond motifs is 1. The average Bonchev–Trinajstić information content (AvgIpc) is 3.06. The molecule has 0 radical (unpaired) electrons. The van der Waals surface area contributed by atoms with Gasteiger partial charge in [0.15, 0.2) is 5.78 Å². The number of Topliss-reactive ketones (excluding diaryl/α,β-unsaturated/α-hetero) is 1. The minimum Gasteiger partial charge on any atom is -0.461 e. The Morgan fingerprint density at radius 1 is 1.11 bits per heavy atom. The maximum atomic E-state index is 12.8. The molecule has 1 aromatic heterocycles. The SMILES string of the molecule is CCOC(=O)c1[nH]c2cc(Cl)cc(Cl)c2c1N(CC)CC(=O)c1ccccc1. The van der Waals surface area contributed by atoms with Crippen LogP contribution in [0.25, 0.3) is 10.9 Å². The van der Waals surface area contributed by atoms with Gasteiger partial charge in [-0.3, -0.25) is 4.79 Å². The number of ketones is 1. The number of carbonyl (C=O) groups is 2. The zero-order valence-electron chi connectivity index (χ0n) is 15.6. The summed E-state index contributed by atoms with van der Waals surface area (Å²) in [5.41, 5.74) is 2.01. The Kier molecular flexibility index (Phi) is 6.27. The van der Waals surface area contributed by atoms with Crippen molar-refractivity contribution in [1.29, 1.82) is 0 Å². The van der Waals surface area contributed by atoms with Crippen molar-refractivity contribution >= 4 is 51.5 Å². The number of carbonyl (C=O) groups excluding carboxylic acids is 2. The molecule has 0 aliphatic rings. The average molecular weight is 419 g/mol. The van der Waals surface area contributed by atoms with Gasteiger partial charge in [-0.1, -0.05) is 53.5 Å². The van der Waals surface area contributed by atoms with Crippen molar-refractivity contribution in [2.24, 2.45) is 0 Å².